The Morgan fingerprint density at radius 1 is 1.13 bits per heavy atom. The molecule has 0 spiro atoms. The summed E-state index contributed by atoms with van der Waals surface area (Å²) in [7, 11) is 1.64. The van der Waals surface area contributed by atoms with E-state index in [0.717, 1.165) is 21.3 Å². The molecule has 0 fully saturated rings. The number of carbonyl (C=O) groups is 1. The second-order valence-corrected chi connectivity index (χ2v) is 6.25. The zero-order valence-corrected chi connectivity index (χ0v) is 14.6. The maximum atomic E-state index is 10.9. The van der Waals surface area contributed by atoms with Crippen LogP contribution in [0.25, 0.3) is 0 Å². The van der Waals surface area contributed by atoms with Gasteiger partial charge in [-0.15, -0.1) is 0 Å². The summed E-state index contributed by atoms with van der Waals surface area (Å²) in [5.41, 5.74) is 2.25. The fourth-order valence-electron chi connectivity index (χ4n) is 2.39. The highest BCUT2D eigenvalue weighted by Gasteiger charge is 2.10. The molecule has 2 aromatic carbocycles. The molecule has 0 aliphatic rings. The van der Waals surface area contributed by atoms with E-state index in [-0.39, 0.29) is 6.42 Å². The lowest BCUT2D eigenvalue weighted by Crippen LogP contribution is -2.25. The summed E-state index contributed by atoms with van der Waals surface area (Å²) in [5.74, 6) is 0.0259. The highest BCUT2D eigenvalue weighted by Crippen LogP contribution is 2.18. The van der Waals surface area contributed by atoms with Crippen LogP contribution in [0.1, 0.15) is 17.5 Å². The Morgan fingerprint density at radius 3 is 2.39 bits per heavy atom. The first-order chi connectivity index (χ1) is 11.1. The van der Waals surface area contributed by atoms with Crippen molar-refractivity contribution in [1.82, 2.24) is 4.90 Å². The van der Waals surface area contributed by atoms with Gasteiger partial charge < -0.3 is 9.84 Å². The lowest BCUT2D eigenvalue weighted by Gasteiger charge is -2.22. The normalized spacial score (nSPS) is 10.7. The predicted octanol–water partition coefficient (Wildman–Crippen LogP) is 3.93. The molecular weight excluding hydrogens is 358 g/mol. The SMILES string of the molecule is COc1cccc(CN(CCC(=O)O)Cc2cccc(Br)c2)c1. The zero-order valence-electron chi connectivity index (χ0n) is 13.0. The first-order valence-electron chi connectivity index (χ1n) is 7.38. The van der Waals surface area contributed by atoms with Gasteiger partial charge in [-0.2, -0.15) is 0 Å². The van der Waals surface area contributed by atoms with Gasteiger partial charge in [0.2, 0.25) is 0 Å². The Labute approximate surface area is 144 Å². The third-order valence-electron chi connectivity index (χ3n) is 3.48. The summed E-state index contributed by atoms with van der Waals surface area (Å²) in [6.45, 7) is 1.87. The van der Waals surface area contributed by atoms with Gasteiger partial charge in [0.05, 0.1) is 13.5 Å². The van der Waals surface area contributed by atoms with Crippen LogP contribution in [0.3, 0.4) is 0 Å². The molecule has 2 aromatic rings. The molecule has 0 heterocycles. The zero-order chi connectivity index (χ0) is 16.7. The van der Waals surface area contributed by atoms with Crippen LogP contribution in [-0.4, -0.2) is 29.6 Å². The fourth-order valence-corrected chi connectivity index (χ4v) is 2.84. The molecule has 122 valence electrons. The number of nitrogens with zero attached hydrogens (tertiary/aromatic N) is 1. The van der Waals surface area contributed by atoms with Gasteiger partial charge >= 0.3 is 5.97 Å². The minimum atomic E-state index is -0.783. The highest BCUT2D eigenvalue weighted by molar-refractivity contribution is 9.10. The number of halogens is 1. The number of carboxylic acid groups (broad SMARTS) is 1. The molecule has 2 rings (SSSR count). The summed E-state index contributed by atoms with van der Waals surface area (Å²) in [6.07, 6.45) is 0.123. The van der Waals surface area contributed by atoms with E-state index in [1.165, 1.54) is 0 Å². The van der Waals surface area contributed by atoms with E-state index in [4.69, 9.17) is 9.84 Å². The van der Waals surface area contributed by atoms with Crippen molar-refractivity contribution in [2.75, 3.05) is 13.7 Å². The van der Waals surface area contributed by atoms with E-state index in [1.54, 1.807) is 7.11 Å². The van der Waals surface area contributed by atoms with Crippen molar-refractivity contribution < 1.29 is 14.6 Å². The van der Waals surface area contributed by atoms with Gasteiger partial charge in [0.15, 0.2) is 0 Å². The molecular formula is C18H20BrNO3. The number of hydrogen-bond acceptors (Lipinski definition) is 3. The van der Waals surface area contributed by atoms with Gasteiger partial charge in [-0.25, -0.2) is 0 Å². The lowest BCUT2D eigenvalue weighted by atomic mass is 10.1. The Kier molecular flexibility index (Phi) is 6.62. The molecule has 0 unspecified atom stereocenters. The van der Waals surface area contributed by atoms with Gasteiger partial charge in [-0.3, -0.25) is 9.69 Å². The number of aliphatic carboxylic acids is 1. The van der Waals surface area contributed by atoms with E-state index in [1.807, 2.05) is 42.5 Å². The first kappa shape index (κ1) is 17.5. The third-order valence-corrected chi connectivity index (χ3v) is 3.97. The molecule has 0 saturated heterocycles. The van der Waals surface area contributed by atoms with Crippen molar-refractivity contribution >= 4 is 21.9 Å². The van der Waals surface area contributed by atoms with E-state index < -0.39 is 5.97 Å². The van der Waals surface area contributed by atoms with E-state index in [0.29, 0.717) is 19.6 Å². The minimum Gasteiger partial charge on any atom is -0.497 e. The number of methoxy groups -OCH3 is 1. The largest absolute Gasteiger partial charge is 0.497 e. The number of rotatable bonds is 8. The van der Waals surface area contributed by atoms with Crippen molar-refractivity contribution in [2.45, 2.75) is 19.5 Å². The van der Waals surface area contributed by atoms with Crippen molar-refractivity contribution in [3.05, 3.63) is 64.1 Å². The van der Waals surface area contributed by atoms with Crippen molar-refractivity contribution in [2.24, 2.45) is 0 Å². The van der Waals surface area contributed by atoms with Crippen LogP contribution in [0.15, 0.2) is 53.0 Å². The maximum absolute atomic E-state index is 10.9. The summed E-state index contributed by atoms with van der Waals surface area (Å²) in [4.78, 5) is 13.0. The molecule has 0 aliphatic heterocycles. The van der Waals surface area contributed by atoms with Gasteiger partial charge in [0, 0.05) is 24.1 Å². The Morgan fingerprint density at radius 2 is 1.78 bits per heavy atom. The molecule has 0 amide bonds. The van der Waals surface area contributed by atoms with Crippen molar-refractivity contribution in [3.63, 3.8) is 0 Å². The van der Waals surface area contributed by atoms with Gasteiger partial charge in [-0.05, 0) is 35.4 Å². The molecule has 0 bridgehead atoms. The maximum Gasteiger partial charge on any atom is 0.304 e. The second-order valence-electron chi connectivity index (χ2n) is 5.34. The molecule has 0 atom stereocenters. The fraction of sp³-hybridized carbons (Fsp3) is 0.278. The van der Waals surface area contributed by atoms with Crippen LogP contribution in [0.4, 0.5) is 0 Å². The smallest absolute Gasteiger partial charge is 0.304 e. The van der Waals surface area contributed by atoms with E-state index in [9.17, 15) is 4.79 Å². The molecule has 4 nitrogen and oxygen atoms in total. The first-order valence-corrected chi connectivity index (χ1v) is 8.17. The summed E-state index contributed by atoms with van der Waals surface area (Å²) >= 11 is 3.47. The summed E-state index contributed by atoms with van der Waals surface area (Å²) in [5, 5.41) is 8.97. The van der Waals surface area contributed by atoms with Crippen LogP contribution in [-0.2, 0) is 17.9 Å². The number of hydrogen-bond donors (Lipinski definition) is 1. The van der Waals surface area contributed by atoms with E-state index in [2.05, 4.69) is 26.9 Å². The third kappa shape index (κ3) is 6.04. The van der Waals surface area contributed by atoms with Gasteiger partial charge in [0.25, 0.3) is 0 Å². The van der Waals surface area contributed by atoms with E-state index >= 15 is 0 Å². The average molecular weight is 378 g/mol. The topological polar surface area (TPSA) is 49.8 Å². The highest BCUT2D eigenvalue weighted by atomic mass is 79.9. The molecule has 0 saturated carbocycles. The lowest BCUT2D eigenvalue weighted by molar-refractivity contribution is -0.137. The van der Waals surface area contributed by atoms with Crippen LogP contribution in [0.5, 0.6) is 5.75 Å². The van der Waals surface area contributed by atoms with Gasteiger partial charge in [-0.1, -0.05) is 40.2 Å². The van der Waals surface area contributed by atoms with Crippen LogP contribution in [0, 0.1) is 0 Å². The molecule has 1 N–H and O–H groups in total. The number of benzene rings is 2. The quantitative estimate of drug-likeness (QED) is 0.756. The van der Waals surface area contributed by atoms with Crippen LogP contribution >= 0.6 is 15.9 Å². The number of ether oxygens (including phenoxy) is 1. The van der Waals surface area contributed by atoms with Gasteiger partial charge in [0.1, 0.15) is 5.75 Å². The van der Waals surface area contributed by atoms with Crippen molar-refractivity contribution in [3.8, 4) is 5.75 Å². The van der Waals surface area contributed by atoms with Crippen LogP contribution in [0.2, 0.25) is 0 Å². The van der Waals surface area contributed by atoms with Crippen molar-refractivity contribution in [1.29, 1.82) is 0 Å². The molecule has 0 aliphatic carbocycles. The summed E-state index contributed by atoms with van der Waals surface area (Å²) in [6, 6.07) is 15.9. The number of carboxylic acids is 1. The Balaban J connectivity index is 2.10. The van der Waals surface area contributed by atoms with Crippen LogP contribution < -0.4 is 4.74 Å². The second kappa shape index (κ2) is 8.70. The molecule has 0 aromatic heterocycles. The molecule has 23 heavy (non-hydrogen) atoms. The summed E-state index contributed by atoms with van der Waals surface area (Å²) < 4.78 is 6.27. The Hall–Kier alpha value is -1.85. The predicted molar refractivity (Wildman–Crippen MR) is 93.5 cm³/mol. The standard InChI is InChI=1S/C18H20BrNO3/c1-23-17-7-3-5-15(11-17)13-20(9-8-18(21)22)12-14-4-2-6-16(19)10-14/h2-7,10-11H,8-9,12-13H2,1H3,(H,21,22). The minimum absolute atomic E-state index is 0.123. The average Bonchev–Trinajstić information content (AvgIpc) is 2.53. The molecule has 0 radical (unpaired) electrons. The monoisotopic (exact) mass is 377 g/mol. The molecule has 5 heteroatoms. The Bertz CT molecular complexity index is 660.